The molecule has 6 heteroatoms. The number of hydrogen-bond donors (Lipinski definition) is 4. The fourth-order valence-electron chi connectivity index (χ4n) is 4.07. The number of nitrogens with one attached hydrogen (secondary N) is 4. The maximum absolute atomic E-state index is 12.0. The van der Waals surface area contributed by atoms with Crippen LogP contribution in [0.5, 0.6) is 0 Å². The van der Waals surface area contributed by atoms with E-state index in [4.69, 9.17) is 0 Å². The minimum atomic E-state index is -0.500. The molecule has 2 fully saturated rings. The van der Waals surface area contributed by atoms with Gasteiger partial charge in [-0.1, -0.05) is 43.5 Å². The fraction of sp³-hybridized carbons (Fsp3) is 0.391. The Hall–Kier alpha value is -3.02. The second-order valence-electron chi connectivity index (χ2n) is 7.90. The first-order chi connectivity index (χ1) is 14.2. The van der Waals surface area contributed by atoms with Gasteiger partial charge in [0.05, 0.1) is 0 Å². The number of rotatable bonds is 6. The van der Waals surface area contributed by atoms with Gasteiger partial charge >= 0.3 is 6.03 Å². The van der Waals surface area contributed by atoms with Crippen LogP contribution in [0.4, 0.5) is 16.2 Å². The summed E-state index contributed by atoms with van der Waals surface area (Å²) in [6.45, 7) is 0.759. The molecule has 1 heterocycles. The Morgan fingerprint density at radius 3 is 2.21 bits per heavy atom. The van der Waals surface area contributed by atoms with Crippen molar-refractivity contribution in [1.82, 2.24) is 16.0 Å². The average molecular weight is 393 g/mol. The van der Waals surface area contributed by atoms with E-state index in [0.717, 1.165) is 22.9 Å². The maximum atomic E-state index is 12.0. The number of carbonyl (C=O) groups is 2. The Morgan fingerprint density at radius 1 is 0.931 bits per heavy atom. The summed E-state index contributed by atoms with van der Waals surface area (Å²) in [6.07, 6.45) is 6.71. The smallest absolute Gasteiger partial charge is 0.315 e. The molecular weight excluding hydrogens is 364 g/mol. The van der Waals surface area contributed by atoms with Crippen LogP contribution >= 0.6 is 0 Å². The van der Waals surface area contributed by atoms with Gasteiger partial charge < -0.3 is 21.3 Å². The highest BCUT2D eigenvalue weighted by Gasteiger charge is 2.26. The number of carbonyl (C=O) groups excluding carboxylic acids is 2. The highest BCUT2D eigenvalue weighted by Crippen LogP contribution is 2.33. The predicted octanol–water partition coefficient (Wildman–Crippen LogP) is 3.78. The SMILES string of the molecule is O=C1NCC(C(=O)NCc2ccc(Nc3ccc(C4CCCCC4)cc3)cc2)N1. The lowest BCUT2D eigenvalue weighted by Crippen LogP contribution is -2.42. The van der Waals surface area contributed by atoms with Crippen LogP contribution < -0.4 is 21.3 Å². The minimum absolute atomic E-state index is 0.177. The standard InChI is InChI=1S/C23H28N4O2/c28-22(21-15-25-23(29)27-21)24-14-16-6-10-19(11-7-16)26-20-12-8-18(9-13-20)17-4-2-1-3-5-17/h6-13,17,21,26H,1-5,14-15H2,(H,24,28)(H2,25,27,29). The zero-order valence-electron chi connectivity index (χ0n) is 16.5. The van der Waals surface area contributed by atoms with Gasteiger partial charge in [0.1, 0.15) is 6.04 Å². The van der Waals surface area contributed by atoms with Gasteiger partial charge in [-0.05, 0) is 54.2 Å². The molecule has 1 atom stereocenters. The summed E-state index contributed by atoms with van der Waals surface area (Å²) in [7, 11) is 0. The molecule has 2 aromatic rings. The minimum Gasteiger partial charge on any atom is -0.356 e. The van der Waals surface area contributed by atoms with E-state index in [1.807, 2.05) is 24.3 Å². The summed E-state index contributed by atoms with van der Waals surface area (Å²) in [4.78, 5) is 23.1. The lowest BCUT2D eigenvalue weighted by Gasteiger charge is -2.22. The van der Waals surface area contributed by atoms with Crippen LogP contribution in [0.25, 0.3) is 0 Å². The number of benzene rings is 2. The van der Waals surface area contributed by atoms with E-state index < -0.39 is 6.04 Å². The van der Waals surface area contributed by atoms with Crippen molar-refractivity contribution >= 4 is 23.3 Å². The van der Waals surface area contributed by atoms with Crippen molar-refractivity contribution in [2.24, 2.45) is 0 Å². The van der Waals surface area contributed by atoms with Gasteiger partial charge in [-0.3, -0.25) is 4.79 Å². The molecule has 2 aliphatic rings. The van der Waals surface area contributed by atoms with Crippen LogP contribution in [0.1, 0.15) is 49.1 Å². The maximum Gasteiger partial charge on any atom is 0.315 e. The summed E-state index contributed by atoms with van der Waals surface area (Å²) in [6, 6.07) is 16.0. The topological polar surface area (TPSA) is 82.3 Å². The van der Waals surface area contributed by atoms with Crippen LogP contribution in [-0.2, 0) is 11.3 Å². The number of anilines is 2. The third-order valence-electron chi connectivity index (χ3n) is 5.79. The van der Waals surface area contributed by atoms with E-state index in [1.165, 1.54) is 37.7 Å². The van der Waals surface area contributed by atoms with Gasteiger partial charge in [-0.15, -0.1) is 0 Å². The molecule has 3 amide bonds. The first-order valence-electron chi connectivity index (χ1n) is 10.5. The summed E-state index contributed by atoms with van der Waals surface area (Å²) in [5.41, 5.74) is 4.55. The molecule has 1 saturated heterocycles. The van der Waals surface area contributed by atoms with E-state index in [0.29, 0.717) is 13.1 Å². The summed E-state index contributed by atoms with van der Waals surface area (Å²) < 4.78 is 0. The molecule has 6 nitrogen and oxygen atoms in total. The molecule has 4 rings (SSSR count). The largest absolute Gasteiger partial charge is 0.356 e. The van der Waals surface area contributed by atoms with Gasteiger partial charge in [0.25, 0.3) is 0 Å². The fourth-order valence-corrected chi connectivity index (χ4v) is 4.07. The van der Waals surface area contributed by atoms with Gasteiger partial charge in [-0.25, -0.2) is 4.79 Å². The molecule has 1 unspecified atom stereocenters. The first kappa shape index (κ1) is 19.3. The van der Waals surface area contributed by atoms with Crippen molar-refractivity contribution in [2.45, 2.75) is 50.6 Å². The molecular formula is C23H28N4O2. The highest BCUT2D eigenvalue weighted by atomic mass is 16.2. The van der Waals surface area contributed by atoms with Gasteiger partial charge in [0.15, 0.2) is 0 Å². The van der Waals surface area contributed by atoms with Crippen LogP contribution in [0.2, 0.25) is 0 Å². The molecule has 0 aromatic heterocycles. The Bertz CT molecular complexity index is 842. The van der Waals surface area contributed by atoms with E-state index in [-0.39, 0.29) is 11.9 Å². The molecule has 0 spiro atoms. The average Bonchev–Trinajstić information content (AvgIpc) is 3.21. The Morgan fingerprint density at radius 2 is 1.59 bits per heavy atom. The van der Waals surface area contributed by atoms with Crippen LogP contribution in [-0.4, -0.2) is 24.5 Å². The quantitative estimate of drug-likeness (QED) is 0.604. The van der Waals surface area contributed by atoms with Gasteiger partial charge in [-0.2, -0.15) is 0 Å². The van der Waals surface area contributed by atoms with Crippen molar-refractivity contribution in [3.8, 4) is 0 Å². The second kappa shape index (κ2) is 8.99. The highest BCUT2D eigenvalue weighted by molar-refractivity contribution is 5.90. The third kappa shape index (κ3) is 5.08. The predicted molar refractivity (Wildman–Crippen MR) is 114 cm³/mol. The summed E-state index contributed by atoms with van der Waals surface area (Å²) in [5.74, 6) is 0.546. The van der Waals surface area contributed by atoms with E-state index in [2.05, 4.69) is 45.5 Å². The van der Waals surface area contributed by atoms with E-state index in [1.54, 1.807) is 0 Å². The van der Waals surface area contributed by atoms with Crippen molar-refractivity contribution in [1.29, 1.82) is 0 Å². The van der Waals surface area contributed by atoms with Crippen LogP contribution in [0.15, 0.2) is 48.5 Å². The molecule has 1 aliphatic carbocycles. The molecule has 152 valence electrons. The monoisotopic (exact) mass is 392 g/mol. The van der Waals surface area contributed by atoms with Crippen molar-refractivity contribution < 1.29 is 9.59 Å². The van der Waals surface area contributed by atoms with Crippen molar-refractivity contribution in [3.05, 3.63) is 59.7 Å². The molecule has 1 aliphatic heterocycles. The molecule has 0 radical (unpaired) electrons. The van der Waals surface area contributed by atoms with E-state index >= 15 is 0 Å². The van der Waals surface area contributed by atoms with E-state index in [9.17, 15) is 9.59 Å². The Labute approximate surface area is 171 Å². The number of amides is 3. The Kier molecular flexibility index (Phi) is 5.98. The van der Waals surface area contributed by atoms with Gasteiger partial charge in [0, 0.05) is 24.5 Å². The number of urea groups is 1. The molecule has 2 aromatic carbocycles. The first-order valence-corrected chi connectivity index (χ1v) is 10.5. The van der Waals surface area contributed by atoms with Gasteiger partial charge in [0.2, 0.25) is 5.91 Å². The summed E-state index contributed by atoms with van der Waals surface area (Å²) in [5, 5.41) is 11.4. The Balaban J connectivity index is 1.27. The second-order valence-corrected chi connectivity index (χ2v) is 7.90. The zero-order valence-corrected chi connectivity index (χ0v) is 16.5. The zero-order chi connectivity index (χ0) is 20.1. The lowest BCUT2D eigenvalue weighted by atomic mass is 9.84. The van der Waals surface area contributed by atoms with Crippen molar-refractivity contribution in [2.75, 3.05) is 11.9 Å². The normalized spacial score (nSPS) is 19.3. The van der Waals surface area contributed by atoms with Crippen LogP contribution in [0, 0.1) is 0 Å². The molecule has 0 bridgehead atoms. The van der Waals surface area contributed by atoms with Crippen molar-refractivity contribution in [3.63, 3.8) is 0 Å². The lowest BCUT2D eigenvalue weighted by molar-refractivity contribution is -0.122. The summed E-state index contributed by atoms with van der Waals surface area (Å²) >= 11 is 0. The molecule has 4 N–H and O–H groups in total. The third-order valence-corrected chi connectivity index (χ3v) is 5.79. The number of hydrogen-bond acceptors (Lipinski definition) is 3. The molecule has 29 heavy (non-hydrogen) atoms. The molecule has 1 saturated carbocycles. The van der Waals surface area contributed by atoms with Crippen LogP contribution in [0.3, 0.4) is 0 Å².